The Morgan fingerprint density at radius 1 is 1.13 bits per heavy atom. The molecule has 2 aromatic carbocycles. The molecule has 2 nitrogen and oxygen atoms in total. The summed E-state index contributed by atoms with van der Waals surface area (Å²) in [5.41, 5.74) is 8.10. The van der Waals surface area contributed by atoms with Gasteiger partial charge in [0.05, 0.1) is 6.04 Å². The molecule has 15 heavy (non-hydrogen) atoms. The molecule has 2 heteroatoms. The van der Waals surface area contributed by atoms with Crippen LogP contribution in [0.1, 0.15) is 17.3 Å². The van der Waals surface area contributed by atoms with Crippen molar-refractivity contribution in [2.45, 2.75) is 13.0 Å². The fraction of sp³-hybridized carbons (Fsp3) is 0.154. The molecule has 1 N–H and O–H groups in total. The van der Waals surface area contributed by atoms with Crippen LogP contribution in [-0.4, -0.2) is 11.8 Å². The molecule has 0 spiro atoms. The zero-order chi connectivity index (χ0) is 10.8. The molecule has 0 aromatic heterocycles. The summed E-state index contributed by atoms with van der Waals surface area (Å²) in [5, 5.41) is 1.98. The van der Waals surface area contributed by atoms with E-state index in [1.165, 1.54) is 0 Å². The van der Waals surface area contributed by atoms with Gasteiger partial charge >= 0.3 is 0 Å². The third kappa shape index (κ3) is 1.76. The van der Waals surface area contributed by atoms with Crippen LogP contribution in [0, 0.1) is 0 Å². The molecule has 0 fully saturated rings. The number of hydrogen-bond acceptors (Lipinski definition) is 1. The van der Waals surface area contributed by atoms with Gasteiger partial charge in [0.1, 0.15) is 0 Å². The van der Waals surface area contributed by atoms with Gasteiger partial charge in [-0.15, -0.1) is 0 Å². The summed E-state index contributed by atoms with van der Waals surface area (Å²) in [6.45, 7) is 1.60. The monoisotopic (exact) mass is 198 g/mol. The fourth-order valence-electron chi connectivity index (χ4n) is 1.67. The van der Waals surface area contributed by atoms with E-state index in [0.29, 0.717) is 5.56 Å². The van der Waals surface area contributed by atoms with E-state index >= 15 is 0 Å². The van der Waals surface area contributed by atoms with Gasteiger partial charge in [-0.05, 0) is 17.7 Å². The summed E-state index contributed by atoms with van der Waals surface area (Å²) in [7, 11) is 0. The Morgan fingerprint density at radius 2 is 1.80 bits per heavy atom. The van der Waals surface area contributed by atoms with Crippen LogP contribution >= 0.6 is 0 Å². The van der Waals surface area contributed by atoms with Gasteiger partial charge < -0.3 is 0 Å². The number of hydrogen-bond donors (Lipinski definition) is 0. The number of fused-ring (bicyclic) bond motifs is 1. The average Bonchev–Trinajstić information content (AvgIpc) is 2.27. The van der Waals surface area contributed by atoms with Crippen LogP contribution < -0.4 is 5.73 Å². The van der Waals surface area contributed by atoms with Gasteiger partial charge in [-0.25, -0.2) is 5.73 Å². The first-order valence-electron chi connectivity index (χ1n) is 4.93. The van der Waals surface area contributed by atoms with Crippen LogP contribution in [0.5, 0.6) is 0 Å². The Labute approximate surface area is 88.7 Å². The van der Waals surface area contributed by atoms with E-state index in [1.807, 2.05) is 36.4 Å². The van der Waals surface area contributed by atoms with E-state index in [2.05, 4.69) is 0 Å². The van der Waals surface area contributed by atoms with E-state index < -0.39 is 6.04 Å². The first-order valence-corrected chi connectivity index (χ1v) is 4.93. The Bertz CT molecular complexity index is 497. The normalized spacial score (nSPS) is 12.7. The van der Waals surface area contributed by atoms with Crippen molar-refractivity contribution in [1.29, 1.82) is 0 Å². The predicted octanol–water partition coefficient (Wildman–Crippen LogP) is 2.69. The lowest BCUT2D eigenvalue weighted by Crippen LogP contribution is -2.18. The molecule has 0 saturated heterocycles. The highest BCUT2D eigenvalue weighted by molar-refractivity contribution is 6.10. The molecule has 2 aromatic rings. The first-order chi connectivity index (χ1) is 7.20. The molecule has 1 radical (unpaired) electrons. The molecule has 1 unspecified atom stereocenters. The Kier molecular flexibility index (Phi) is 2.52. The van der Waals surface area contributed by atoms with E-state index in [4.69, 9.17) is 5.73 Å². The van der Waals surface area contributed by atoms with Crippen LogP contribution in [0.2, 0.25) is 0 Å². The molecular formula is C13H12NO. The van der Waals surface area contributed by atoms with Gasteiger partial charge in [0.15, 0.2) is 5.78 Å². The Balaban J connectivity index is 2.66. The first kappa shape index (κ1) is 9.87. The van der Waals surface area contributed by atoms with Crippen LogP contribution in [0.4, 0.5) is 0 Å². The number of benzene rings is 2. The smallest absolute Gasteiger partial charge is 0.181 e. The quantitative estimate of drug-likeness (QED) is 0.684. The van der Waals surface area contributed by atoms with Gasteiger partial charge in [0.25, 0.3) is 0 Å². The lowest BCUT2D eigenvalue weighted by atomic mass is 9.99. The SMILES string of the molecule is CC([NH])C(=O)c1cccc2ccccc12. The highest BCUT2D eigenvalue weighted by Crippen LogP contribution is 2.19. The Hall–Kier alpha value is -1.67. The number of rotatable bonds is 2. The molecule has 1 atom stereocenters. The van der Waals surface area contributed by atoms with Gasteiger partial charge in [-0.3, -0.25) is 4.79 Å². The van der Waals surface area contributed by atoms with Crippen molar-refractivity contribution in [2.24, 2.45) is 0 Å². The van der Waals surface area contributed by atoms with Crippen molar-refractivity contribution in [3.8, 4) is 0 Å². The number of carbonyl (C=O) groups is 1. The fourth-order valence-corrected chi connectivity index (χ4v) is 1.67. The summed E-state index contributed by atoms with van der Waals surface area (Å²) < 4.78 is 0. The molecular weight excluding hydrogens is 186 g/mol. The number of Topliss-reactive ketones (excluding diaryl/α,β-unsaturated/α-hetero) is 1. The van der Waals surface area contributed by atoms with E-state index in [9.17, 15) is 4.79 Å². The summed E-state index contributed by atoms with van der Waals surface area (Å²) in [4.78, 5) is 11.8. The molecule has 0 aliphatic rings. The molecule has 75 valence electrons. The summed E-state index contributed by atoms with van der Waals surface area (Å²) in [6, 6.07) is 12.7. The topological polar surface area (TPSA) is 40.9 Å². The standard InChI is InChI=1S/C13H12NO/c1-9(14)13(15)12-8-4-6-10-5-2-3-7-11(10)12/h2-9,14H,1H3. The summed E-state index contributed by atoms with van der Waals surface area (Å²) in [6.07, 6.45) is 0. The Morgan fingerprint density at radius 3 is 2.53 bits per heavy atom. The number of nitrogens with one attached hydrogen (secondary N) is 1. The van der Waals surface area contributed by atoms with Gasteiger partial charge in [0, 0.05) is 5.56 Å². The van der Waals surface area contributed by atoms with E-state index in [0.717, 1.165) is 10.8 Å². The van der Waals surface area contributed by atoms with Crippen molar-refractivity contribution in [1.82, 2.24) is 5.73 Å². The predicted molar refractivity (Wildman–Crippen MR) is 60.8 cm³/mol. The third-order valence-corrected chi connectivity index (χ3v) is 2.45. The van der Waals surface area contributed by atoms with Crippen LogP contribution in [0.25, 0.3) is 10.8 Å². The maximum atomic E-state index is 11.8. The maximum absolute atomic E-state index is 11.8. The van der Waals surface area contributed by atoms with Crippen molar-refractivity contribution >= 4 is 16.6 Å². The van der Waals surface area contributed by atoms with E-state index in [-0.39, 0.29) is 5.78 Å². The minimum absolute atomic E-state index is 0.119. The van der Waals surface area contributed by atoms with E-state index in [1.54, 1.807) is 13.0 Å². The zero-order valence-corrected chi connectivity index (χ0v) is 8.53. The molecule has 0 bridgehead atoms. The van der Waals surface area contributed by atoms with Gasteiger partial charge in [0.2, 0.25) is 0 Å². The van der Waals surface area contributed by atoms with Crippen LogP contribution in [0.3, 0.4) is 0 Å². The molecule has 0 aliphatic heterocycles. The summed E-state index contributed by atoms with van der Waals surface area (Å²) in [5.74, 6) is -0.119. The zero-order valence-electron chi connectivity index (χ0n) is 8.53. The van der Waals surface area contributed by atoms with Gasteiger partial charge in [-0.1, -0.05) is 42.5 Å². The minimum Gasteiger partial charge on any atom is -0.292 e. The van der Waals surface area contributed by atoms with Crippen molar-refractivity contribution in [3.05, 3.63) is 48.0 Å². The van der Waals surface area contributed by atoms with Gasteiger partial charge in [-0.2, -0.15) is 0 Å². The highest BCUT2D eigenvalue weighted by Gasteiger charge is 2.13. The second-order valence-corrected chi connectivity index (χ2v) is 3.61. The minimum atomic E-state index is -0.698. The maximum Gasteiger partial charge on any atom is 0.181 e. The molecule has 0 saturated carbocycles. The molecule has 0 amide bonds. The van der Waals surface area contributed by atoms with Crippen molar-refractivity contribution in [2.75, 3.05) is 0 Å². The van der Waals surface area contributed by atoms with Crippen molar-refractivity contribution in [3.63, 3.8) is 0 Å². The number of ketones is 1. The second-order valence-electron chi connectivity index (χ2n) is 3.61. The van der Waals surface area contributed by atoms with Crippen LogP contribution in [-0.2, 0) is 0 Å². The lowest BCUT2D eigenvalue weighted by molar-refractivity contribution is 0.0966. The highest BCUT2D eigenvalue weighted by atomic mass is 16.1. The number of carbonyl (C=O) groups excluding carboxylic acids is 1. The third-order valence-electron chi connectivity index (χ3n) is 2.45. The average molecular weight is 198 g/mol. The largest absolute Gasteiger partial charge is 0.292 e. The molecule has 2 rings (SSSR count). The molecule has 0 aliphatic carbocycles. The van der Waals surface area contributed by atoms with Crippen LogP contribution in [0.15, 0.2) is 42.5 Å². The lowest BCUT2D eigenvalue weighted by Gasteiger charge is -2.07. The molecule has 0 heterocycles. The van der Waals surface area contributed by atoms with Crippen molar-refractivity contribution < 1.29 is 4.79 Å². The second kappa shape index (κ2) is 3.83. The summed E-state index contributed by atoms with van der Waals surface area (Å²) >= 11 is 0.